The molecule has 204 valence electrons. The quantitative estimate of drug-likeness (QED) is 0.260. The highest BCUT2D eigenvalue weighted by Crippen LogP contribution is 2.34. The number of alkyl halides is 3. The predicted molar refractivity (Wildman–Crippen MR) is 121 cm³/mol. The summed E-state index contributed by atoms with van der Waals surface area (Å²) in [5, 5.41) is 18.5. The van der Waals surface area contributed by atoms with Gasteiger partial charge in [0.05, 0.1) is 22.6 Å². The number of amides is 1. The number of hydrogen-bond acceptors (Lipinski definition) is 9. The SMILES string of the molecule is CC1(NC(=O)c2nn3ccc(Oc4ncc(F)cc4OCC(F)(F)F)cc3c2[N+](=O)[O-])CCS(=O)(=O)CC1. The van der Waals surface area contributed by atoms with Crippen LogP contribution in [-0.2, 0) is 9.84 Å². The summed E-state index contributed by atoms with van der Waals surface area (Å²) in [4.78, 5) is 27.6. The van der Waals surface area contributed by atoms with Crippen LogP contribution in [0.25, 0.3) is 5.52 Å². The molecule has 0 saturated carbocycles. The molecule has 1 aliphatic rings. The van der Waals surface area contributed by atoms with Crippen molar-refractivity contribution in [1.82, 2.24) is 19.9 Å². The molecular formula is C21H19F4N5O7S. The number of fused-ring (bicyclic) bond motifs is 1. The van der Waals surface area contributed by atoms with Crippen LogP contribution in [0.15, 0.2) is 30.6 Å². The Hall–Kier alpha value is -4.02. The fourth-order valence-corrected chi connectivity index (χ4v) is 5.44. The van der Waals surface area contributed by atoms with E-state index in [1.807, 2.05) is 0 Å². The Morgan fingerprint density at radius 3 is 2.61 bits per heavy atom. The summed E-state index contributed by atoms with van der Waals surface area (Å²) in [6.07, 6.45) is -2.62. The first kappa shape index (κ1) is 27.0. The molecule has 17 heteroatoms. The summed E-state index contributed by atoms with van der Waals surface area (Å²) in [5.41, 5.74) is -2.37. The molecule has 0 bridgehead atoms. The van der Waals surface area contributed by atoms with Gasteiger partial charge in [0.25, 0.3) is 11.8 Å². The Morgan fingerprint density at radius 2 is 1.97 bits per heavy atom. The van der Waals surface area contributed by atoms with Crippen molar-refractivity contribution >= 4 is 26.9 Å². The summed E-state index contributed by atoms with van der Waals surface area (Å²) < 4.78 is 85.6. The number of rotatable bonds is 7. The molecule has 4 rings (SSSR count). The molecule has 1 fully saturated rings. The van der Waals surface area contributed by atoms with Gasteiger partial charge >= 0.3 is 11.9 Å². The van der Waals surface area contributed by atoms with Gasteiger partial charge in [0.1, 0.15) is 26.9 Å². The number of nitrogens with one attached hydrogen (secondary N) is 1. The highest BCUT2D eigenvalue weighted by atomic mass is 32.2. The van der Waals surface area contributed by atoms with E-state index in [9.17, 15) is 40.9 Å². The fourth-order valence-electron chi connectivity index (χ4n) is 3.72. The number of ether oxygens (including phenoxy) is 2. The minimum atomic E-state index is -4.72. The van der Waals surface area contributed by atoms with Crippen molar-refractivity contribution in [2.75, 3.05) is 18.1 Å². The minimum Gasteiger partial charge on any atom is -0.478 e. The van der Waals surface area contributed by atoms with Crippen molar-refractivity contribution < 1.29 is 45.2 Å². The molecule has 1 aliphatic heterocycles. The number of carbonyl (C=O) groups excluding carboxylic acids is 1. The molecule has 0 aliphatic carbocycles. The van der Waals surface area contributed by atoms with Crippen molar-refractivity contribution in [2.24, 2.45) is 0 Å². The number of sulfone groups is 1. The van der Waals surface area contributed by atoms with Gasteiger partial charge in [-0.25, -0.2) is 22.3 Å². The Labute approximate surface area is 211 Å². The molecule has 1 amide bonds. The van der Waals surface area contributed by atoms with Crippen molar-refractivity contribution in [3.63, 3.8) is 0 Å². The van der Waals surface area contributed by atoms with Gasteiger partial charge in [-0.15, -0.1) is 0 Å². The monoisotopic (exact) mass is 561 g/mol. The summed E-state index contributed by atoms with van der Waals surface area (Å²) in [7, 11) is -3.23. The first-order valence-electron chi connectivity index (χ1n) is 10.9. The van der Waals surface area contributed by atoms with Crippen LogP contribution < -0.4 is 14.8 Å². The lowest BCUT2D eigenvalue weighted by Gasteiger charge is -2.33. The van der Waals surface area contributed by atoms with Crippen molar-refractivity contribution in [2.45, 2.75) is 31.5 Å². The van der Waals surface area contributed by atoms with E-state index in [1.54, 1.807) is 6.92 Å². The second kappa shape index (κ2) is 9.70. The number of pyridine rings is 2. The van der Waals surface area contributed by atoms with Crippen molar-refractivity contribution in [1.29, 1.82) is 0 Å². The lowest BCUT2D eigenvalue weighted by molar-refractivity contribution is -0.383. The molecule has 38 heavy (non-hydrogen) atoms. The molecule has 0 atom stereocenters. The van der Waals surface area contributed by atoms with E-state index in [-0.39, 0.29) is 35.6 Å². The lowest BCUT2D eigenvalue weighted by Crippen LogP contribution is -2.51. The Balaban J connectivity index is 1.63. The number of nitrogens with zero attached hydrogens (tertiary/aromatic N) is 4. The standard InChI is InChI=1S/C21H19F4N5O7S/c1-20(3-6-38(34,35)7-4-20)27-18(31)16-17(30(32)33)14-9-13(2-5-29(14)28-16)37-19-15(8-12(22)10-26-19)36-11-21(23,24)25/h2,5,8-10H,3-4,6-7,11H2,1H3,(H,27,31). The third kappa shape index (κ3) is 6.09. The van der Waals surface area contributed by atoms with Gasteiger partial charge in [-0.2, -0.15) is 18.3 Å². The zero-order valence-corrected chi connectivity index (χ0v) is 20.3. The van der Waals surface area contributed by atoms with E-state index in [2.05, 4.69) is 20.1 Å². The van der Waals surface area contributed by atoms with Crippen molar-refractivity contribution in [3.05, 3.63) is 52.2 Å². The summed E-state index contributed by atoms with van der Waals surface area (Å²) in [6.45, 7) is -0.119. The second-order valence-electron chi connectivity index (χ2n) is 8.78. The molecule has 1 N–H and O–H groups in total. The van der Waals surface area contributed by atoms with Gasteiger partial charge in [-0.3, -0.25) is 14.9 Å². The molecule has 0 unspecified atom stereocenters. The largest absolute Gasteiger partial charge is 0.478 e. The molecular weight excluding hydrogens is 542 g/mol. The minimum absolute atomic E-state index is 0.115. The molecule has 3 aromatic heterocycles. The molecule has 0 spiro atoms. The van der Waals surface area contributed by atoms with E-state index in [1.165, 1.54) is 12.3 Å². The van der Waals surface area contributed by atoms with Crippen LogP contribution in [0.4, 0.5) is 23.2 Å². The molecule has 4 heterocycles. The summed E-state index contributed by atoms with van der Waals surface area (Å²) in [5.74, 6) is -3.54. The van der Waals surface area contributed by atoms with E-state index >= 15 is 0 Å². The van der Waals surface area contributed by atoms with Crippen LogP contribution in [0.3, 0.4) is 0 Å². The third-order valence-corrected chi connectivity index (χ3v) is 7.37. The van der Waals surface area contributed by atoms with Crippen LogP contribution in [0, 0.1) is 15.9 Å². The molecule has 3 aromatic rings. The first-order chi connectivity index (χ1) is 17.6. The van der Waals surface area contributed by atoms with Gasteiger partial charge in [0.15, 0.2) is 12.4 Å². The smallest absolute Gasteiger partial charge is 0.422 e. The van der Waals surface area contributed by atoms with Crippen LogP contribution in [0.1, 0.15) is 30.3 Å². The summed E-state index contributed by atoms with van der Waals surface area (Å²) in [6, 6.07) is 2.96. The average Bonchev–Trinajstić information content (AvgIpc) is 3.20. The van der Waals surface area contributed by atoms with Crippen LogP contribution in [-0.4, -0.2) is 63.7 Å². The highest BCUT2D eigenvalue weighted by Gasteiger charge is 2.38. The van der Waals surface area contributed by atoms with Gasteiger partial charge in [-0.1, -0.05) is 0 Å². The van der Waals surface area contributed by atoms with Crippen LogP contribution in [0.5, 0.6) is 17.4 Å². The molecule has 0 aromatic carbocycles. The maximum atomic E-state index is 13.5. The first-order valence-corrected chi connectivity index (χ1v) is 12.7. The Bertz CT molecular complexity index is 1510. The average molecular weight is 561 g/mol. The maximum Gasteiger partial charge on any atom is 0.422 e. The number of hydrogen-bond donors (Lipinski definition) is 1. The van der Waals surface area contributed by atoms with Gasteiger partial charge in [0, 0.05) is 23.9 Å². The Kier molecular flexibility index (Phi) is 6.90. The van der Waals surface area contributed by atoms with Gasteiger partial charge in [-0.05, 0) is 25.8 Å². The van der Waals surface area contributed by atoms with Crippen molar-refractivity contribution in [3.8, 4) is 17.4 Å². The van der Waals surface area contributed by atoms with Crippen LogP contribution >= 0.6 is 0 Å². The molecule has 1 saturated heterocycles. The number of nitro groups is 1. The van der Waals surface area contributed by atoms with E-state index in [4.69, 9.17) is 4.74 Å². The number of aromatic nitrogens is 3. The van der Waals surface area contributed by atoms with E-state index in [0.29, 0.717) is 12.3 Å². The number of carbonyl (C=O) groups is 1. The fraction of sp³-hybridized carbons (Fsp3) is 0.381. The maximum absolute atomic E-state index is 13.5. The molecule has 0 radical (unpaired) electrons. The topological polar surface area (TPSA) is 155 Å². The van der Waals surface area contributed by atoms with E-state index in [0.717, 1.165) is 10.6 Å². The Morgan fingerprint density at radius 1 is 1.29 bits per heavy atom. The summed E-state index contributed by atoms with van der Waals surface area (Å²) >= 11 is 0. The zero-order valence-electron chi connectivity index (χ0n) is 19.5. The van der Waals surface area contributed by atoms with E-state index < -0.39 is 67.8 Å². The van der Waals surface area contributed by atoms with Gasteiger partial charge in [0.2, 0.25) is 5.69 Å². The highest BCUT2D eigenvalue weighted by molar-refractivity contribution is 7.91. The number of halogens is 4. The lowest BCUT2D eigenvalue weighted by atomic mass is 9.94. The normalized spacial score (nSPS) is 16.7. The zero-order chi connectivity index (χ0) is 27.9. The molecule has 12 nitrogen and oxygen atoms in total. The third-order valence-electron chi connectivity index (χ3n) is 5.71. The predicted octanol–water partition coefficient (Wildman–Crippen LogP) is 3.21. The van der Waals surface area contributed by atoms with Crippen LogP contribution in [0.2, 0.25) is 0 Å². The second-order valence-corrected chi connectivity index (χ2v) is 11.1. The van der Waals surface area contributed by atoms with Gasteiger partial charge < -0.3 is 14.8 Å².